The molecule has 0 heterocycles. The number of phenolic OH excluding ortho intramolecular Hbond substituents is 1. The second-order valence-corrected chi connectivity index (χ2v) is 5.18. The lowest BCUT2D eigenvalue weighted by atomic mass is 9.92. The van der Waals surface area contributed by atoms with Crippen LogP contribution in [0.1, 0.15) is 17.0 Å². The molecule has 0 bridgehead atoms. The average molecular weight is 325 g/mol. The molecule has 0 saturated carbocycles. The summed E-state index contributed by atoms with van der Waals surface area (Å²) in [7, 11) is 1.38. The molecule has 0 spiro atoms. The van der Waals surface area contributed by atoms with E-state index in [1.807, 2.05) is 0 Å². The minimum absolute atomic E-state index is 0.0811. The number of aliphatic carboxylic acids is 1. The number of benzene rings is 2. The molecule has 1 unspecified atom stereocenters. The first kappa shape index (κ1) is 16.1. The van der Waals surface area contributed by atoms with Gasteiger partial charge in [-0.25, -0.2) is 4.39 Å². The molecule has 0 aromatic heterocycles. The van der Waals surface area contributed by atoms with Crippen LogP contribution in [-0.2, 0) is 11.2 Å². The molecule has 2 rings (SSSR count). The fourth-order valence-corrected chi connectivity index (χ4v) is 2.41. The van der Waals surface area contributed by atoms with Crippen LogP contribution >= 0.6 is 11.6 Å². The van der Waals surface area contributed by atoms with Crippen molar-refractivity contribution >= 4 is 17.6 Å². The molecule has 22 heavy (non-hydrogen) atoms. The van der Waals surface area contributed by atoms with Gasteiger partial charge in [-0.3, -0.25) is 4.79 Å². The Kier molecular flexibility index (Phi) is 4.88. The van der Waals surface area contributed by atoms with Gasteiger partial charge in [-0.15, -0.1) is 0 Å². The van der Waals surface area contributed by atoms with Gasteiger partial charge in [0, 0.05) is 0 Å². The summed E-state index contributed by atoms with van der Waals surface area (Å²) < 4.78 is 18.0. The van der Waals surface area contributed by atoms with E-state index in [4.69, 9.17) is 16.3 Å². The number of hydrogen-bond donors (Lipinski definition) is 2. The standard InChI is InChI=1S/C16H14ClFO4/c1-22-14-8-9(7-13(17)15(14)19)6-12(16(20)21)10-2-4-11(18)5-3-10/h2-5,7-8,12,19H,6H2,1H3,(H,20,21). The Labute approximate surface area is 131 Å². The third kappa shape index (κ3) is 3.49. The highest BCUT2D eigenvalue weighted by Gasteiger charge is 2.22. The third-order valence-corrected chi connectivity index (χ3v) is 3.61. The molecule has 0 fully saturated rings. The third-order valence-electron chi connectivity index (χ3n) is 3.32. The van der Waals surface area contributed by atoms with Crippen LogP contribution in [0.3, 0.4) is 0 Å². The predicted octanol–water partition coefficient (Wildman–Crippen LogP) is 3.60. The summed E-state index contributed by atoms with van der Waals surface area (Å²) >= 11 is 5.90. The largest absolute Gasteiger partial charge is 0.503 e. The van der Waals surface area contributed by atoms with Crippen molar-refractivity contribution in [2.45, 2.75) is 12.3 Å². The first-order valence-corrected chi connectivity index (χ1v) is 6.83. The lowest BCUT2D eigenvalue weighted by Gasteiger charge is -2.14. The van der Waals surface area contributed by atoms with Crippen LogP contribution in [0.25, 0.3) is 0 Å². The van der Waals surface area contributed by atoms with Crippen molar-refractivity contribution in [2.24, 2.45) is 0 Å². The summed E-state index contributed by atoms with van der Waals surface area (Å²) in [5.74, 6) is -2.34. The second-order valence-electron chi connectivity index (χ2n) is 4.78. The number of aromatic hydroxyl groups is 1. The van der Waals surface area contributed by atoms with Crippen LogP contribution in [0.4, 0.5) is 4.39 Å². The maximum atomic E-state index is 13.0. The molecule has 2 aromatic carbocycles. The smallest absolute Gasteiger partial charge is 0.311 e. The number of hydrogen-bond acceptors (Lipinski definition) is 3. The molecule has 0 aliphatic rings. The fourth-order valence-electron chi connectivity index (χ4n) is 2.18. The Balaban J connectivity index is 2.34. The molecule has 2 N–H and O–H groups in total. The van der Waals surface area contributed by atoms with Gasteiger partial charge in [0.2, 0.25) is 0 Å². The van der Waals surface area contributed by atoms with Gasteiger partial charge in [0.05, 0.1) is 18.1 Å². The zero-order chi connectivity index (χ0) is 16.3. The minimum Gasteiger partial charge on any atom is -0.503 e. The maximum absolute atomic E-state index is 13.0. The van der Waals surface area contributed by atoms with Crippen molar-refractivity contribution in [3.8, 4) is 11.5 Å². The van der Waals surface area contributed by atoms with Gasteiger partial charge >= 0.3 is 5.97 Å². The molecule has 6 heteroatoms. The average Bonchev–Trinajstić information content (AvgIpc) is 2.49. The number of carboxylic acids is 1. The van der Waals surface area contributed by atoms with Gasteiger partial charge < -0.3 is 14.9 Å². The first-order valence-electron chi connectivity index (χ1n) is 6.46. The Hall–Kier alpha value is -2.27. The topological polar surface area (TPSA) is 66.8 Å². The van der Waals surface area contributed by atoms with Gasteiger partial charge in [0.15, 0.2) is 11.5 Å². The lowest BCUT2D eigenvalue weighted by Crippen LogP contribution is -2.14. The SMILES string of the molecule is COc1cc(CC(C(=O)O)c2ccc(F)cc2)cc(Cl)c1O. The summed E-state index contributed by atoms with van der Waals surface area (Å²) in [5, 5.41) is 19.2. The molecule has 2 aromatic rings. The van der Waals surface area contributed by atoms with Crippen LogP contribution in [0.2, 0.25) is 5.02 Å². The molecule has 0 radical (unpaired) electrons. The number of carboxylic acid groups (broad SMARTS) is 1. The molecular weight excluding hydrogens is 311 g/mol. The molecule has 0 saturated heterocycles. The number of ether oxygens (including phenoxy) is 1. The van der Waals surface area contributed by atoms with E-state index in [0.717, 1.165) is 0 Å². The van der Waals surface area contributed by atoms with E-state index in [9.17, 15) is 19.4 Å². The monoisotopic (exact) mass is 324 g/mol. The van der Waals surface area contributed by atoms with Crippen molar-refractivity contribution in [1.29, 1.82) is 0 Å². The second kappa shape index (κ2) is 6.66. The Morgan fingerprint density at radius 2 is 1.95 bits per heavy atom. The van der Waals surface area contributed by atoms with E-state index in [2.05, 4.69) is 0 Å². The molecular formula is C16H14ClFO4. The number of rotatable bonds is 5. The molecule has 0 aliphatic carbocycles. The normalized spacial score (nSPS) is 12.0. The van der Waals surface area contributed by atoms with Gasteiger partial charge in [-0.2, -0.15) is 0 Å². The van der Waals surface area contributed by atoms with Gasteiger partial charge in [0.1, 0.15) is 5.82 Å². The summed E-state index contributed by atoms with van der Waals surface area (Å²) in [6.07, 6.45) is 0.136. The maximum Gasteiger partial charge on any atom is 0.311 e. The van der Waals surface area contributed by atoms with Crippen molar-refractivity contribution < 1.29 is 24.1 Å². The van der Waals surface area contributed by atoms with Crippen LogP contribution in [0.5, 0.6) is 11.5 Å². The van der Waals surface area contributed by atoms with Gasteiger partial charge in [-0.05, 0) is 41.8 Å². The molecule has 4 nitrogen and oxygen atoms in total. The molecule has 116 valence electrons. The summed E-state index contributed by atoms with van der Waals surface area (Å²) in [6.45, 7) is 0. The molecule has 0 aliphatic heterocycles. The predicted molar refractivity (Wildman–Crippen MR) is 80.1 cm³/mol. The Morgan fingerprint density at radius 3 is 2.50 bits per heavy atom. The van der Waals surface area contributed by atoms with E-state index in [1.54, 1.807) is 0 Å². The number of carbonyl (C=O) groups is 1. The quantitative estimate of drug-likeness (QED) is 0.881. The van der Waals surface area contributed by atoms with Crippen molar-refractivity contribution in [2.75, 3.05) is 7.11 Å². The van der Waals surface area contributed by atoms with Crippen molar-refractivity contribution in [3.63, 3.8) is 0 Å². The van der Waals surface area contributed by atoms with E-state index in [-0.39, 0.29) is 22.9 Å². The Bertz CT molecular complexity index is 685. The van der Waals surface area contributed by atoms with Crippen LogP contribution in [-0.4, -0.2) is 23.3 Å². The van der Waals surface area contributed by atoms with E-state index < -0.39 is 17.7 Å². The fraction of sp³-hybridized carbons (Fsp3) is 0.188. The van der Waals surface area contributed by atoms with Gasteiger partial charge in [-0.1, -0.05) is 23.7 Å². The first-order chi connectivity index (χ1) is 10.4. The summed E-state index contributed by atoms with van der Waals surface area (Å²) in [6, 6.07) is 8.33. The van der Waals surface area contributed by atoms with Crippen molar-refractivity contribution in [1.82, 2.24) is 0 Å². The minimum atomic E-state index is -1.03. The van der Waals surface area contributed by atoms with Crippen LogP contribution in [0, 0.1) is 5.82 Å². The van der Waals surface area contributed by atoms with E-state index in [1.165, 1.54) is 43.5 Å². The van der Waals surface area contributed by atoms with E-state index >= 15 is 0 Å². The number of phenols is 1. The molecule has 1 atom stereocenters. The zero-order valence-corrected chi connectivity index (χ0v) is 12.5. The van der Waals surface area contributed by atoms with Crippen LogP contribution < -0.4 is 4.74 Å². The lowest BCUT2D eigenvalue weighted by molar-refractivity contribution is -0.138. The number of methoxy groups -OCH3 is 1. The Morgan fingerprint density at radius 1 is 1.32 bits per heavy atom. The molecule has 0 amide bonds. The zero-order valence-electron chi connectivity index (χ0n) is 11.7. The highest BCUT2D eigenvalue weighted by Crippen LogP contribution is 2.36. The van der Waals surface area contributed by atoms with E-state index in [0.29, 0.717) is 11.1 Å². The van der Waals surface area contributed by atoms with Crippen LogP contribution in [0.15, 0.2) is 36.4 Å². The van der Waals surface area contributed by atoms with Crippen molar-refractivity contribution in [3.05, 3.63) is 58.4 Å². The summed E-state index contributed by atoms with van der Waals surface area (Å²) in [4.78, 5) is 11.5. The summed E-state index contributed by atoms with van der Waals surface area (Å²) in [5.41, 5.74) is 1.08. The number of halogens is 2. The van der Waals surface area contributed by atoms with Gasteiger partial charge in [0.25, 0.3) is 0 Å². The highest BCUT2D eigenvalue weighted by molar-refractivity contribution is 6.32. The highest BCUT2D eigenvalue weighted by atomic mass is 35.5.